The maximum Gasteiger partial charge on any atom is 0.211 e. The monoisotopic (exact) mass is 209 g/mol. The number of pyridine rings is 1. The number of hydrogen-bond acceptors (Lipinski definition) is 2. The van der Waals surface area contributed by atoms with Crippen molar-refractivity contribution in [2.45, 2.75) is 20.1 Å². The number of aryl methyl sites for hydroxylation is 2. The highest BCUT2D eigenvalue weighted by atomic mass is 31.0. The number of aromatic nitrogens is 1. The largest absolute Gasteiger partial charge is 0.444 e. The van der Waals surface area contributed by atoms with Crippen molar-refractivity contribution in [3.63, 3.8) is 0 Å². The summed E-state index contributed by atoms with van der Waals surface area (Å²) in [6.07, 6.45) is 2.48. The molecule has 1 unspecified atom stereocenters. The highest BCUT2D eigenvalue weighted by Crippen LogP contribution is 2.21. The van der Waals surface area contributed by atoms with Crippen molar-refractivity contribution in [2.75, 3.05) is 0 Å². The molecule has 14 heavy (non-hydrogen) atoms. The van der Waals surface area contributed by atoms with E-state index in [2.05, 4.69) is 9.24 Å². The first-order chi connectivity index (χ1) is 6.65. The zero-order valence-electron chi connectivity index (χ0n) is 8.20. The van der Waals surface area contributed by atoms with Gasteiger partial charge < -0.3 is 8.98 Å². The maximum atomic E-state index is 11.6. The fraction of sp³-hybridized carbons (Fsp3) is 0.300. The van der Waals surface area contributed by atoms with Gasteiger partial charge in [-0.15, -0.1) is 9.24 Å². The van der Waals surface area contributed by atoms with Crippen LogP contribution in [0.15, 0.2) is 21.5 Å². The molecule has 2 aromatic rings. The van der Waals surface area contributed by atoms with Crippen LogP contribution in [0, 0.1) is 13.8 Å². The van der Waals surface area contributed by atoms with Crippen LogP contribution in [0.4, 0.5) is 0 Å². The Hall–Kier alpha value is -1.08. The van der Waals surface area contributed by atoms with Gasteiger partial charge in [-0.3, -0.25) is 4.79 Å². The molecule has 2 aromatic heterocycles. The van der Waals surface area contributed by atoms with Gasteiger partial charge in [-0.25, -0.2) is 0 Å². The SMILES string of the molecule is Cc1oc2c(c1C)c(=O)ccn2CP. The zero-order chi connectivity index (χ0) is 10.3. The minimum Gasteiger partial charge on any atom is -0.444 e. The summed E-state index contributed by atoms with van der Waals surface area (Å²) in [6, 6.07) is 1.58. The molecule has 0 aliphatic carbocycles. The van der Waals surface area contributed by atoms with Crippen LogP contribution in [-0.2, 0) is 6.29 Å². The lowest BCUT2D eigenvalue weighted by Gasteiger charge is -2.01. The average molecular weight is 209 g/mol. The molecular weight excluding hydrogens is 197 g/mol. The number of rotatable bonds is 1. The first kappa shape index (κ1) is 9.47. The molecule has 0 spiro atoms. The predicted octanol–water partition coefficient (Wildman–Crippen LogP) is 2.04. The Bertz CT molecular complexity index is 539. The lowest BCUT2D eigenvalue weighted by atomic mass is 10.2. The Morgan fingerprint density at radius 2 is 2.21 bits per heavy atom. The molecule has 0 aliphatic rings. The van der Waals surface area contributed by atoms with E-state index in [0.29, 0.717) is 11.1 Å². The van der Waals surface area contributed by atoms with Crippen LogP contribution in [-0.4, -0.2) is 4.57 Å². The quantitative estimate of drug-likeness (QED) is 0.673. The summed E-state index contributed by atoms with van der Waals surface area (Å²) in [5, 5.41) is 0.701. The third kappa shape index (κ3) is 1.20. The normalized spacial score (nSPS) is 11.1. The summed E-state index contributed by atoms with van der Waals surface area (Å²) in [7, 11) is 2.61. The summed E-state index contributed by atoms with van der Waals surface area (Å²) in [5.74, 6) is 0.815. The highest BCUT2D eigenvalue weighted by molar-refractivity contribution is 7.15. The number of hydrogen-bond donors (Lipinski definition) is 0. The van der Waals surface area contributed by atoms with Crippen LogP contribution in [0.2, 0.25) is 0 Å². The van der Waals surface area contributed by atoms with Gasteiger partial charge in [-0.05, 0) is 13.8 Å². The Kier molecular flexibility index (Phi) is 2.20. The first-order valence-electron chi connectivity index (χ1n) is 4.44. The third-order valence-corrected chi connectivity index (χ3v) is 2.87. The highest BCUT2D eigenvalue weighted by Gasteiger charge is 2.11. The molecule has 0 N–H and O–H groups in total. The van der Waals surface area contributed by atoms with E-state index < -0.39 is 0 Å². The lowest BCUT2D eigenvalue weighted by Crippen LogP contribution is -2.04. The van der Waals surface area contributed by atoms with E-state index in [1.54, 1.807) is 12.3 Å². The van der Waals surface area contributed by atoms with E-state index in [-0.39, 0.29) is 5.43 Å². The molecule has 0 radical (unpaired) electrons. The Morgan fingerprint density at radius 1 is 1.50 bits per heavy atom. The van der Waals surface area contributed by atoms with Gasteiger partial charge in [0.2, 0.25) is 5.71 Å². The van der Waals surface area contributed by atoms with Crippen molar-refractivity contribution in [1.82, 2.24) is 4.57 Å². The van der Waals surface area contributed by atoms with E-state index >= 15 is 0 Å². The van der Waals surface area contributed by atoms with E-state index in [4.69, 9.17) is 4.42 Å². The zero-order valence-corrected chi connectivity index (χ0v) is 9.36. The van der Waals surface area contributed by atoms with E-state index in [0.717, 1.165) is 17.6 Å². The molecule has 3 nitrogen and oxygen atoms in total. The summed E-state index contributed by atoms with van der Waals surface area (Å²) < 4.78 is 7.46. The molecule has 0 bridgehead atoms. The van der Waals surface area contributed by atoms with Crippen molar-refractivity contribution in [1.29, 1.82) is 0 Å². The molecule has 1 atom stereocenters. The van der Waals surface area contributed by atoms with E-state index in [9.17, 15) is 4.79 Å². The van der Waals surface area contributed by atoms with Gasteiger partial charge in [0.1, 0.15) is 5.76 Å². The van der Waals surface area contributed by atoms with Crippen LogP contribution >= 0.6 is 9.24 Å². The summed E-state index contributed by atoms with van der Waals surface area (Å²) in [5.41, 5.74) is 1.64. The third-order valence-electron chi connectivity index (χ3n) is 2.48. The van der Waals surface area contributed by atoms with Crippen molar-refractivity contribution in [2.24, 2.45) is 0 Å². The minimum absolute atomic E-state index is 0.0315. The second-order valence-corrected chi connectivity index (χ2v) is 3.66. The summed E-state index contributed by atoms with van der Waals surface area (Å²) in [6.45, 7) is 3.79. The Balaban J connectivity index is 2.99. The molecule has 0 aliphatic heterocycles. The van der Waals surface area contributed by atoms with E-state index in [1.165, 1.54) is 0 Å². The lowest BCUT2D eigenvalue weighted by molar-refractivity contribution is 0.546. The number of furan rings is 1. The molecular formula is C10H12NO2P. The maximum absolute atomic E-state index is 11.6. The van der Waals surface area contributed by atoms with Crippen LogP contribution < -0.4 is 5.43 Å². The topological polar surface area (TPSA) is 35.1 Å². The molecule has 0 amide bonds. The van der Waals surface area contributed by atoms with E-state index in [1.807, 2.05) is 18.4 Å². The predicted molar refractivity (Wildman–Crippen MR) is 59.7 cm³/mol. The molecule has 4 heteroatoms. The summed E-state index contributed by atoms with van der Waals surface area (Å²) in [4.78, 5) is 11.6. The Labute approximate surface area is 83.9 Å². The van der Waals surface area contributed by atoms with Gasteiger partial charge in [0.25, 0.3) is 0 Å². The van der Waals surface area contributed by atoms with Gasteiger partial charge >= 0.3 is 0 Å². The van der Waals surface area contributed by atoms with Crippen molar-refractivity contribution in [3.05, 3.63) is 33.8 Å². The average Bonchev–Trinajstić information content (AvgIpc) is 2.45. The molecule has 0 saturated carbocycles. The summed E-state index contributed by atoms with van der Waals surface area (Å²) >= 11 is 0. The fourth-order valence-corrected chi connectivity index (χ4v) is 1.84. The molecule has 0 fully saturated rings. The number of fused-ring (bicyclic) bond motifs is 1. The van der Waals surface area contributed by atoms with Gasteiger partial charge in [0.05, 0.1) is 5.39 Å². The van der Waals surface area contributed by atoms with Crippen molar-refractivity contribution in [3.8, 4) is 0 Å². The van der Waals surface area contributed by atoms with Crippen LogP contribution in [0.1, 0.15) is 11.3 Å². The molecule has 2 rings (SSSR count). The second kappa shape index (κ2) is 3.25. The van der Waals surface area contributed by atoms with Crippen LogP contribution in [0.25, 0.3) is 11.1 Å². The molecule has 2 heterocycles. The van der Waals surface area contributed by atoms with Gasteiger partial charge in [0.15, 0.2) is 5.43 Å². The van der Waals surface area contributed by atoms with Crippen LogP contribution in [0.3, 0.4) is 0 Å². The van der Waals surface area contributed by atoms with Crippen molar-refractivity contribution < 1.29 is 4.42 Å². The smallest absolute Gasteiger partial charge is 0.211 e. The van der Waals surface area contributed by atoms with Gasteiger partial charge in [-0.1, -0.05) is 0 Å². The van der Waals surface area contributed by atoms with Gasteiger partial charge in [-0.2, -0.15) is 0 Å². The minimum atomic E-state index is 0.0315. The Morgan fingerprint density at radius 3 is 2.86 bits per heavy atom. The van der Waals surface area contributed by atoms with Crippen LogP contribution in [0.5, 0.6) is 0 Å². The van der Waals surface area contributed by atoms with Gasteiger partial charge in [0, 0.05) is 24.1 Å². The standard InChI is InChI=1S/C10H12NO2P/c1-6-7(2)13-10-9(6)8(12)3-4-11(10)5-14/h3-4H,5,14H2,1-2H3. The first-order valence-corrected chi connectivity index (χ1v) is 5.26. The molecule has 74 valence electrons. The molecule has 0 aromatic carbocycles. The fourth-order valence-electron chi connectivity index (χ4n) is 1.55. The second-order valence-electron chi connectivity index (χ2n) is 3.30. The molecule has 0 saturated heterocycles. The number of nitrogens with zero attached hydrogens (tertiary/aromatic N) is 1. The van der Waals surface area contributed by atoms with Crippen molar-refractivity contribution >= 4 is 20.3 Å².